The quantitative estimate of drug-likeness (QED) is 0.827. The number of hydroxylamine groups is 2. The number of carbonyl (C=O) groups is 1. The fourth-order valence-corrected chi connectivity index (χ4v) is 2.36. The minimum Gasteiger partial charge on any atom is -0.368 e. The monoisotopic (exact) mass is 251 g/mol. The Balaban J connectivity index is 1.84. The minimum atomic E-state index is -0.275. The molecular weight excluding hydrogens is 233 g/mol. The van der Waals surface area contributed by atoms with E-state index in [0.29, 0.717) is 5.92 Å². The van der Waals surface area contributed by atoms with E-state index in [1.165, 1.54) is 13.0 Å². The van der Waals surface area contributed by atoms with Crippen LogP contribution in [0.2, 0.25) is 0 Å². The van der Waals surface area contributed by atoms with Gasteiger partial charge in [-0.1, -0.05) is 18.2 Å². The average molecular weight is 251 g/mol. The molecule has 1 heterocycles. The maximum atomic E-state index is 13.5. The number of halogens is 1. The maximum absolute atomic E-state index is 13.5. The second-order valence-corrected chi connectivity index (χ2v) is 4.75. The van der Waals surface area contributed by atoms with Crippen LogP contribution in [0.3, 0.4) is 0 Å². The Morgan fingerprint density at radius 1 is 1.39 bits per heavy atom. The van der Waals surface area contributed by atoms with Gasteiger partial charge in [0, 0.05) is 20.0 Å². The summed E-state index contributed by atoms with van der Waals surface area (Å²) in [6.45, 7) is 2.88. The van der Waals surface area contributed by atoms with Crippen LogP contribution >= 0.6 is 0 Å². The normalized spacial score (nSPS) is 17.7. The lowest BCUT2D eigenvalue weighted by Crippen LogP contribution is -2.35. The highest BCUT2D eigenvalue weighted by molar-refractivity contribution is 5.65. The molecule has 0 saturated carbocycles. The van der Waals surface area contributed by atoms with Gasteiger partial charge in [0.25, 0.3) is 0 Å². The van der Waals surface area contributed by atoms with Crippen molar-refractivity contribution in [2.75, 3.05) is 13.1 Å². The van der Waals surface area contributed by atoms with Gasteiger partial charge in [-0.25, -0.2) is 4.39 Å². The average Bonchev–Trinajstić information content (AvgIpc) is 2.34. The van der Waals surface area contributed by atoms with E-state index in [4.69, 9.17) is 4.84 Å². The molecule has 18 heavy (non-hydrogen) atoms. The van der Waals surface area contributed by atoms with Crippen molar-refractivity contribution in [1.82, 2.24) is 5.06 Å². The molecule has 0 spiro atoms. The van der Waals surface area contributed by atoms with E-state index in [1.807, 2.05) is 12.1 Å². The summed E-state index contributed by atoms with van der Waals surface area (Å²) in [7, 11) is 0. The Morgan fingerprint density at radius 3 is 2.67 bits per heavy atom. The van der Waals surface area contributed by atoms with E-state index in [9.17, 15) is 9.18 Å². The van der Waals surface area contributed by atoms with E-state index < -0.39 is 0 Å². The van der Waals surface area contributed by atoms with Gasteiger partial charge in [0.05, 0.1) is 0 Å². The van der Waals surface area contributed by atoms with Crippen molar-refractivity contribution >= 4 is 5.97 Å². The Morgan fingerprint density at radius 2 is 2.06 bits per heavy atom. The molecule has 0 radical (unpaired) electrons. The van der Waals surface area contributed by atoms with Crippen LogP contribution in [0.15, 0.2) is 24.3 Å². The number of rotatable bonds is 3. The molecule has 0 unspecified atom stereocenters. The molecule has 0 N–H and O–H groups in total. The van der Waals surface area contributed by atoms with Gasteiger partial charge in [-0.2, -0.15) is 0 Å². The maximum Gasteiger partial charge on any atom is 0.322 e. The molecule has 98 valence electrons. The molecule has 1 aliphatic heterocycles. The molecule has 0 atom stereocenters. The van der Waals surface area contributed by atoms with Crippen molar-refractivity contribution in [3.8, 4) is 0 Å². The summed E-state index contributed by atoms with van der Waals surface area (Å²) in [4.78, 5) is 15.8. The first-order chi connectivity index (χ1) is 8.65. The van der Waals surface area contributed by atoms with Crippen LogP contribution in [0.25, 0.3) is 0 Å². The van der Waals surface area contributed by atoms with Crippen molar-refractivity contribution in [2.24, 2.45) is 5.92 Å². The zero-order chi connectivity index (χ0) is 13.0. The molecule has 1 aliphatic rings. The van der Waals surface area contributed by atoms with Crippen LogP contribution in [-0.4, -0.2) is 24.1 Å². The minimum absolute atomic E-state index is 0.125. The molecule has 1 aromatic carbocycles. The molecule has 3 nitrogen and oxygen atoms in total. The van der Waals surface area contributed by atoms with Crippen molar-refractivity contribution < 1.29 is 14.0 Å². The molecule has 0 aliphatic carbocycles. The first-order valence-electron chi connectivity index (χ1n) is 6.32. The van der Waals surface area contributed by atoms with E-state index in [1.54, 1.807) is 11.1 Å². The number of hydrogen-bond donors (Lipinski definition) is 0. The Labute approximate surface area is 106 Å². The van der Waals surface area contributed by atoms with E-state index in [-0.39, 0.29) is 11.8 Å². The fraction of sp³-hybridized carbons (Fsp3) is 0.500. The number of piperidine rings is 1. The predicted molar refractivity (Wildman–Crippen MR) is 66.2 cm³/mol. The highest BCUT2D eigenvalue weighted by Crippen LogP contribution is 2.23. The Bertz CT molecular complexity index is 414. The predicted octanol–water partition coefficient (Wildman–Crippen LogP) is 2.56. The Hall–Kier alpha value is -1.42. The SMILES string of the molecule is CC(=O)ON1CCC(Cc2ccccc2F)CC1. The third-order valence-electron chi connectivity index (χ3n) is 3.30. The summed E-state index contributed by atoms with van der Waals surface area (Å²) < 4.78 is 13.5. The summed E-state index contributed by atoms with van der Waals surface area (Å²) in [6, 6.07) is 6.92. The van der Waals surface area contributed by atoms with Crippen LogP contribution in [0, 0.1) is 11.7 Å². The summed E-state index contributed by atoms with van der Waals surface area (Å²) in [5.74, 6) is 0.0659. The first kappa shape index (κ1) is 13.0. The van der Waals surface area contributed by atoms with Crippen LogP contribution in [0.5, 0.6) is 0 Å². The van der Waals surface area contributed by atoms with Crippen LogP contribution in [0.1, 0.15) is 25.3 Å². The van der Waals surface area contributed by atoms with Crippen molar-refractivity contribution in [2.45, 2.75) is 26.2 Å². The van der Waals surface area contributed by atoms with Crippen molar-refractivity contribution in [1.29, 1.82) is 0 Å². The molecule has 0 aromatic heterocycles. The number of benzene rings is 1. The Kier molecular flexibility index (Phi) is 4.31. The second kappa shape index (κ2) is 5.96. The van der Waals surface area contributed by atoms with Gasteiger partial charge in [0.1, 0.15) is 5.82 Å². The van der Waals surface area contributed by atoms with Gasteiger partial charge in [0.2, 0.25) is 0 Å². The summed E-state index contributed by atoms with van der Waals surface area (Å²) in [6.07, 6.45) is 2.63. The molecule has 0 bridgehead atoms. The first-order valence-corrected chi connectivity index (χ1v) is 6.32. The molecule has 4 heteroatoms. The van der Waals surface area contributed by atoms with Gasteiger partial charge in [0.15, 0.2) is 0 Å². The fourth-order valence-electron chi connectivity index (χ4n) is 2.36. The smallest absolute Gasteiger partial charge is 0.322 e. The molecule has 1 aromatic rings. The van der Waals surface area contributed by atoms with Gasteiger partial charge in [-0.3, -0.25) is 4.79 Å². The zero-order valence-corrected chi connectivity index (χ0v) is 10.6. The van der Waals surface area contributed by atoms with E-state index in [0.717, 1.165) is 37.9 Å². The van der Waals surface area contributed by atoms with Gasteiger partial charge in [-0.15, -0.1) is 5.06 Å². The third kappa shape index (κ3) is 3.53. The van der Waals surface area contributed by atoms with Crippen LogP contribution in [-0.2, 0) is 16.1 Å². The second-order valence-electron chi connectivity index (χ2n) is 4.75. The van der Waals surface area contributed by atoms with Gasteiger partial charge < -0.3 is 4.84 Å². The zero-order valence-electron chi connectivity index (χ0n) is 10.6. The standard InChI is InChI=1S/C14H18FNO2/c1-11(17)18-16-8-6-12(7-9-16)10-13-4-2-3-5-14(13)15/h2-5,12H,6-10H2,1H3. The topological polar surface area (TPSA) is 29.5 Å². The largest absolute Gasteiger partial charge is 0.368 e. The molecule has 1 saturated heterocycles. The lowest BCUT2D eigenvalue weighted by Gasteiger charge is -2.30. The summed E-state index contributed by atoms with van der Waals surface area (Å²) in [5, 5.41) is 1.69. The van der Waals surface area contributed by atoms with Crippen LogP contribution < -0.4 is 0 Å². The molecule has 2 rings (SSSR count). The summed E-state index contributed by atoms with van der Waals surface area (Å²) in [5.41, 5.74) is 0.781. The molecule has 1 fully saturated rings. The molecular formula is C14H18FNO2. The molecule has 0 amide bonds. The van der Waals surface area contributed by atoms with Crippen LogP contribution in [0.4, 0.5) is 4.39 Å². The van der Waals surface area contributed by atoms with E-state index in [2.05, 4.69) is 0 Å². The lowest BCUT2D eigenvalue weighted by atomic mass is 9.91. The van der Waals surface area contributed by atoms with Crippen molar-refractivity contribution in [3.63, 3.8) is 0 Å². The van der Waals surface area contributed by atoms with Gasteiger partial charge >= 0.3 is 5.97 Å². The lowest BCUT2D eigenvalue weighted by molar-refractivity contribution is -0.193. The third-order valence-corrected chi connectivity index (χ3v) is 3.30. The number of nitrogens with zero attached hydrogens (tertiary/aromatic N) is 1. The number of carbonyl (C=O) groups excluding carboxylic acids is 1. The highest BCUT2D eigenvalue weighted by atomic mass is 19.1. The highest BCUT2D eigenvalue weighted by Gasteiger charge is 2.21. The van der Waals surface area contributed by atoms with Gasteiger partial charge in [-0.05, 0) is 36.8 Å². The summed E-state index contributed by atoms with van der Waals surface area (Å²) >= 11 is 0. The van der Waals surface area contributed by atoms with Crippen molar-refractivity contribution in [3.05, 3.63) is 35.6 Å². The number of hydrogen-bond acceptors (Lipinski definition) is 3. The van der Waals surface area contributed by atoms with E-state index >= 15 is 0 Å².